The molecule has 6 aromatic carbocycles. The Labute approximate surface area is 224 Å². The molecule has 0 fully saturated rings. The zero-order chi connectivity index (χ0) is 25.7. The fourth-order valence-electron chi connectivity index (χ4n) is 5.46. The average Bonchev–Trinajstić information content (AvgIpc) is 2.97. The second-order valence-electron chi connectivity index (χ2n) is 9.59. The Kier molecular flexibility index (Phi) is 6.70. The summed E-state index contributed by atoms with van der Waals surface area (Å²) in [6, 6.07) is 52.5. The summed E-state index contributed by atoms with van der Waals surface area (Å²) in [5.41, 5.74) is 6.26. The van der Waals surface area contributed by atoms with E-state index in [1.165, 1.54) is 60.1 Å². The Hall–Kier alpha value is -4.68. The third-order valence-electron chi connectivity index (χ3n) is 7.22. The molecule has 0 aromatic heterocycles. The third-order valence-corrected chi connectivity index (χ3v) is 7.22. The van der Waals surface area contributed by atoms with Gasteiger partial charge >= 0.3 is 0 Å². The summed E-state index contributed by atoms with van der Waals surface area (Å²) in [6.45, 7) is 2.20. The highest BCUT2D eigenvalue weighted by Crippen LogP contribution is 2.34. The van der Waals surface area contributed by atoms with Gasteiger partial charge in [0.1, 0.15) is 0 Å². The van der Waals surface area contributed by atoms with Gasteiger partial charge in [0.2, 0.25) is 0 Å². The lowest BCUT2D eigenvalue weighted by Gasteiger charge is -2.11. The minimum absolute atomic E-state index is 0.973. The van der Waals surface area contributed by atoms with E-state index in [9.17, 15) is 0 Å². The fourth-order valence-corrected chi connectivity index (χ4v) is 5.46. The number of hydrogen-bond donors (Lipinski definition) is 0. The van der Waals surface area contributed by atoms with Gasteiger partial charge in [0.15, 0.2) is 0 Å². The molecule has 182 valence electrons. The number of allylic oxidation sites excluding steroid dienone is 1. The highest BCUT2D eigenvalue weighted by atomic mass is 14.1. The molecule has 0 N–H and O–H groups in total. The van der Waals surface area contributed by atoms with E-state index in [1.807, 2.05) is 0 Å². The summed E-state index contributed by atoms with van der Waals surface area (Å²) in [6.07, 6.45) is 3.31. The molecule has 0 atom stereocenters. The van der Waals surface area contributed by atoms with Crippen LogP contribution in [0.25, 0.3) is 49.0 Å². The van der Waals surface area contributed by atoms with Crippen molar-refractivity contribution >= 4 is 37.9 Å². The van der Waals surface area contributed by atoms with Crippen molar-refractivity contribution in [2.75, 3.05) is 0 Å². The largest absolute Gasteiger partial charge is 0.0763 e. The minimum atomic E-state index is 0.973. The van der Waals surface area contributed by atoms with Crippen LogP contribution in [-0.2, 0) is 0 Å². The molecule has 0 bridgehead atoms. The van der Waals surface area contributed by atoms with Gasteiger partial charge in [-0.3, -0.25) is 0 Å². The first-order valence-electron chi connectivity index (χ1n) is 13.4. The fraction of sp³-hybridized carbons (Fsp3) is 0.0526. The number of fused-ring (bicyclic) bond motifs is 3. The lowest BCUT2D eigenvalue weighted by molar-refractivity contribution is 1.22. The van der Waals surface area contributed by atoms with Crippen LogP contribution >= 0.6 is 0 Å². The maximum atomic E-state index is 2.34. The first-order valence-corrected chi connectivity index (χ1v) is 13.4. The Morgan fingerprint density at radius 3 is 1.47 bits per heavy atom. The summed E-state index contributed by atoms with van der Waals surface area (Å²) < 4.78 is 0. The Morgan fingerprint density at radius 2 is 0.868 bits per heavy atom. The summed E-state index contributed by atoms with van der Waals surface area (Å²) >= 11 is 0. The molecule has 0 heterocycles. The molecular weight excluding hydrogens is 456 g/mol. The smallest absolute Gasteiger partial charge is 0.00992 e. The van der Waals surface area contributed by atoms with E-state index < -0.39 is 0 Å². The van der Waals surface area contributed by atoms with E-state index >= 15 is 0 Å². The van der Waals surface area contributed by atoms with Crippen LogP contribution in [0.2, 0.25) is 0 Å². The van der Waals surface area contributed by atoms with Gasteiger partial charge in [-0.05, 0) is 66.6 Å². The Balaban J connectivity index is 1.52. The predicted octanol–water partition coefficient (Wildman–Crippen LogP) is 10.8. The molecule has 0 saturated heterocycles. The highest BCUT2D eigenvalue weighted by molar-refractivity contribution is 6.05. The first kappa shape index (κ1) is 23.7. The monoisotopic (exact) mass is 486 g/mol. The second kappa shape index (κ2) is 10.7. The van der Waals surface area contributed by atoms with Crippen LogP contribution in [0.4, 0.5) is 0 Å². The van der Waals surface area contributed by atoms with E-state index in [0.29, 0.717) is 0 Å². The molecule has 0 radical (unpaired) electrons. The van der Waals surface area contributed by atoms with Gasteiger partial charge in [-0.25, -0.2) is 0 Å². The van der Waals surface area contributed by atoms with Crippen LogP contribution in [0.1, 0.15) is 24.5 Å². The van der Waals surface area contributed by atoms with Crippen LogP contribution in [0, 0.1) is 0 Å². The average molecular weight is 487 g/mol. The quantitative estimate of drug-likeness (QED) is 0.232. The van der Waals surface area contributed by atoms with Crippen molar-refractivity contribution in [1.29, 1.82) is 0 Å². The molecule has 0 aliphatic carbocycles. The van der Waals surface area contributed by atoms with Gasteiger partial charge < -0.3 is 0 Å². The van der Waals surface area contributed by atoms with E-state index in [1.54, 1.807) is 0 Å². The maximum Gasteiger partial charge on any atom is -0.00992 e. The van der Waals surface area contributed by atoms with Crippen LogP contribution in [0.3, 0.4) is 0 Å². The molecule has 6 aromatic rings. The minimum Gasteiger partial charge on any atom is -0.0763 e. The van der Waals surface area contributed by atoms with Gasteiger partial charge in [-0.1, -0.05) is 159 Å². The van der Waals surface area contributed by atoms with Crippen molar-refractivity contribution in [2.24, 2.45) is 0 Å². The van der Waals surface area contributed by atoms with Gasteiger partial charge in [0.25, 0.3) is 0 Å². The Morgan fingerprint density at radius 1 is 0.447 bits per heavy atom. The second-order valence-corrected chi connectivity index (χ2v) is 9.59. The lowest BCUT2D eigenvalue weighted by Crippen LogP contribution is -1.89. The zero-order valence-corrected chi connectivity index (χ0v) is 21.6. The van der Waals surface area contributed by atoms with Gasteiger partial charge in [-0.15, -0.1) is 0 Å². The molecule has 0 saturated carbocycles. The molecule has 0 heteroatoms. The Bertz CT molecular complexity index is 1840. The molecule has 6 rings (SSSR count). The zero-order valence-electron chi connectivity index (χ0n) is 21.6. The van der Waals surface area contributed by atoms with Crippen molar-refractivity contribution in [3.8, 4) is 11.1 Å². The van der Waals surface area contributed by atoms with Crippen LogP contribution in [0.5, 0.6) is 0 Å². The molecule has 0 nitrogen and oxygen atoms in total. The number of hydrogen-bond acceptors (Lipinski definition) is 0. The van der Waals surface area contributed by atoms with E-state index in [4.69, 9.17) is 0 Å². The molecular formula is C38H30. The molecule has 0 spiro atoms. The van der Waals surface area contributed by atoms with Gasteiger partial charge in [0, 0.05) is 0 Å². The van der Waals surface area contributed by atoms with Crippen molar-refractivity contribution in [2.45, 2.75) is 13.3 Å². The third kappa shape index (κ3) is 4.58. The summed E-state index contributed by atoms with van der Waals surface area (Å²) in [5, 5.41) is 7.54. The van der Waals surface area contributed by atoms with E-state index in [-0.39, 0.29) is 0 Å². The van der Waals surface area contributed by atoms with Crippen molar-refractivity contribution in [3.05, 3.63) is 163 Å². The number of rotatable bonds is 4. The number of benzene rings is 5. The molecule has 0 amide bonds. The standard InChI is InChI=1S/C38H30/c1-2-13-32(36-25-10-19-29-15-4-6-22-33(29)36)28-14-3-7-24-35-31(18-9-17-28)21-12-27-38(35)37-26-11-20-30-16-5-8-23-34(30)37/h3-27H,2H2,1H3/b7-3?,14-3?,17-9?,18-9?,24-7?,28-14?,28-17?,31-18?,32-13+,35-24?. The normalized spacial score (nSPS) is 11.6. The summed E-state index contributed by atoms with van der Waals surface area (Å²) in [7, 11) is 0. The van der Waals surface area contributed by atoms with Crippen molar-refractivity contribution in [3.63, 3.8) is 0 Å². The van der Waals surface area contributed by atoms with Crippen LogP contribution in [0.15, 0.2) is 152 Å². The first-order chi connectivity index (χ1) is 18.8. The molecule has 38 heavy (non-hydrogen) atoms. The summed E-state index contributed by atoms with van der Waals surface area (Å²) in [4.78, 5) is 0. The van der Waals surface area contributed by atoms with Crippen LogP contribution < -0.4 is 0 Å². The van der Waals surface area contributed by atoms with E-state index in [2.05, 4.69) is 159 Å². The van der Waals surface area contributed by atoms with E-state index in [0.717, 1.165) is 6.42 Å². The van der Waals surface area contributed by atoms with Crippen molar-refractivity contribution < 1.29 is 0 Å². The predicted molar refractivity (Wildman–Crippen MR) is 166 cm³/mol. The molecule has 0 aliphatic heterocycles. The maximum absolute atomic E-state index is 2.34. The SMILES string of the molecule is CC/C=C(\c1ccccc2c(-c3cccc4ccccc34)cccc2ccc1)c1cccc2ccccc12. The topological polar surface area (TPSA) is 0 Å². The van der Waals surface area contributed by atoms with Crippen molar-refractivity contribution in [1.82, 2.24) is 0 Å². The lowest BCUT2D eigenvalue weighted by atomic mass is 9.92. The van der Waals surface area contributed by atoms with Crippen LogP contribution in [-0.4, -0.2) is 0 Å². The summed E-state index contributed by atoms with van der Waals surface area (Å²) in [5.74, 6) is 0. The molecule has 0 unspecified atom stereocenters. The van der Waals surface area contributed by atoms with Gasteiger partial charge in [0.05, 0.1) is 0 Å². The van der Waals surface area contributed by atoms with Gasteiger partial charge in [-0.2, -0.15) is 0 Å². The molecule has 0 aliphatic rings. The highest BCUT2D eigenvalue weighted by Gasteiger charge is 2.09.